The molecule has 0 bridgehead atoms. The lowest BCUT2D eigenvalue weighted by Crippen LogP contribution is -2.16. The fourth-order valence-corrected chi connectivity index (χ4v) is 4.60. The Morgan fingerprint density at radius 2 is 0.970 bits per heavy atom. The van der Waals surface area contributed by atoms with E-state index in [0.29, 0.717) is 0 Å². The van der Waals surface area contributed by atoms with E-state index in [1.54, 1.807) is 0 Å². The van der Waals surface area contributed by atoms with Crippen LogP contribution >= 0.6 is 0 Å². The molecule has 0 spiro atoms. The van der Waals surface area contributed by atoms with Crippen LogP contribution < -0.4 is 4.74 Å². The molecule has 0 fully saturated rings. The molecule has 0 saturated carbocycles. The summed E-state index contributed by atoms with van der Waals surface area (Å²) >= 11 is 0. The molecular weight excluding hydrogens is 404 g/mol. The van der Waals surface area contributed by atoms with Crippen LogP contribution in [0.2, 0.25) is 0 Å². The molecule has 0 amide bonds. The van der Waals surface area contributed by atoms with Gasteiger partial charge in [-0.05, 0) is 46.6 Å². The summed E-state index contributed by atoms with van der Waals surface area (Å²) in [6, 6.07) is 4.69. The molecule has 1 aromatic rings. The molecule has 0 saturated heterocycles. The van der Waals surface area contributed by atoms with E-state index in [9.17, 15) is 0 Å². The number of hydrogen-bond donors (Lipinski definition) is 0. The van der Waals surface area contributed by atoms with Gasteiger partial charge in [-0.1, -0.05) is 109 Å². The first-order valence-corrected chi connectivity index (χ1v) is 14.0. The summed E-state index contributed by atoms with van der Waals surface area (Å²) in [5, 5.41) is 0. The van der Waals surface area contributed by atoms with Crippen molar-refractivity contribution in [2.45, 2.75) is 123 Å². The molecule has 0 unspecified atom stereocenters. The quantitative estimate of drug-likeness (QED) is 0.172. The number of benzene rings is 1. The van der Waals surface area contributed by atoms with Gasteiger partial charge in [0.25, 0.3) is 0 Å². The molecule has 0 atom stereocenters. The highest BCUT2D eigenvalue weighted by Crippen LogP contribution is 2.29. The fraction of sp³-hybridized carbons (Fsp3) is 0.800. The van der Waals surface area contributed by atoms with Gasteiger partial charge in [-0.25, -0.2) is 0 Å². The molecule has 0 aliphatic heterocycles. The van der Waals surface area contributed by atoms with Gasteiger partial charge >= 0.3 is 0 Å². The molecule has 3 heteroatoms. The lowest BCUT2D eigenvalue weighted by Gasteiger charge is -2.21. The zero-order valence-electron chi connectivity index (χ0n) is 23.2. The Balaban J connectivity index is 2.28. The highest BCUT2D eigenvalue weighted by Gasteiger charge is 2.14. The van der Waals surface area contributed by atoms with Crippen molar-refractivity contribution in [1.82, 2.24) is 9.80 Å². The van der Waals surface area contributed by atoms with E-state index in [-0.39, 0.29) is 0 Å². The van der Waals surface area contributed by atoms with Crippen molar-refractivity contribution in [3.63, 3.8) is 0 Å². The van der Waals surface area contributed by atoms with Gasteiger partial charge in [0.2, 0.25) is 0 Å². The van der Waals surface area contributed by atoms with Gasteiger partial charge in [0.1, 0.15) is 5.75 Å². The van der Waals surface area contributed by atoms with Gasteiger partial charge in [0.15, 0.2) is 0 Å². The number of nitrogens with zero attached hydrogens (tertiary/aromatic N) is 2. The van der Waals surface area contributed by atoms with Crippen molar-refractivity contribution in [3.05, 3.63) is 28.8 Å². The Morgan fingerprint density at radius 1 is 0.576 bits per heavy atom. The van der Waals surface area contributed by atoms with Gasteiger partial charge in [0.05, 0.1) is 6.61 Å². The summed E-state index contributed by atoms with van der Waals surface area (Å²) in [6.07, 6.45) is 20.6. The second-order valence-electron chi connectivity index (χ2n) is 10.5. The minimum atomic E-state index is 0.838. The van der Waals surface area contributed by atoms with Crippen molar-refractivity contribution < 1.29 is 4.74 Å². The Morgan fingerprint density at radius 3 is 1.33 bits per heavy atom. The van der Waals surface area contributed by atoms with E-state index < -0.39 is 0 Å². The lowest BCUT2D eigenvalue weighted by molar-refractivity contribution is 0.285. The van der Waals surface area contributed by atoms with E-state index in [0.717, 1.165) is 38.3 Å². The first-order valence-electron chi connectivity index (χ1n) is 14.0. The number of ether oxygens (including phenoxy) is 1. The van der Waals surface area contributed by atoms with Gasteiger partial charge in [-0.15, -0.1) is 0 Å². The van der Waals surface area contributed by atoms with Crippen molar-refractivity contribution >= 4 is 0 Å². The molecule has 3 nitrogen and oxygen atoms in total. The predicted molar refractivity (Wildman–Crippen MR) is 146 cm³/mol. The number of unbranched alkanes of at least 4 members (excludes halogenated alkanes) is 13. The first kappa shape index (κ1) is 30.0. The van der Waals surface area contributed by atoms with Crippen molar-refractivity contribution in [2.75, 3.05) is 34.8 Å². The van der Waals surface area contributed by atoms with E-state index in [2.05, 4.69) is 64.0 Å². The zero-order chi connectivity index (χ0) is 24.3. The fourth-order valence-electron chi connectivity index (χ4n) is 4.60. The van der Waals surface area contributed by atoms with E-state index in [4.69, 9.17) is 4.74 Å². The SMILES string of the molecule is CCCCCCCCCCCCCCCCOc1c(CN(C)C)cc(CC)cc1CN(C)C. The second kappa shape index (κ2) is 19.3. The van der Waals surface area contributed by atoms with Crippen LogP contribution in [0.5, 0.6) is 5.75 Å². The van der Waals surface area contributed by atoms with E-state index >= 15 is 0 Å². The molecule has 192 valence electrons. The highest BCUT2D eigenvalue weighted by molar-refractivity contribution is 5.45. The van der Waals surface area contributed by atoms with Crippen molar-refractivity contribution in [1.29, 1.82) is 0 Å². The van der Waals surface area contributed by atoms with Crippen LogP contribution in [0.15, 0.2) is 12.1 Å². The maximum atomic E-state index is 6.42. The van der Waals surface area contributed by atoms with Crippen LogP contribution in [0.1, 0.15) is 120 Å². The number of rotatable bonds is 21. The third-order valence-corrected chi connectivity index (χ3v) is 6.43. The normalized spacial score (nSPS) is 11.6. The summed E-state index contributed by atoms with van der Waals surface area (Å²) in [7, 11) is 8.56. The standard InChI is InChI=1S/C30H56N2O/c1-7-9-10-11-12-13-14-15-16-17-18-19-20-21-22-33-30-28(25-31(3)4)23-27(8-2)24-29(30)26-32(5)6/h23-24H,7-22,25-26H2,1-6H3. The van der Waals surface area contributed by atoms with Crippen LogP contribution in [0.3, 0.4) is 0 Å². The van der Waals surface area contributed by atoms with Crippen LogP contribution in [-0.2, 0) is 19.5 Å². The Kier molecular flexibility index (Phi) is 17.5. The average molecular weight is 461 g/mol. The van der Waals surface area contributed by atoms with Gasteiger partial charge in [-0.2, -0.15) is 0 Å². The predicted octanol–water partition coefficient (Wildman–Crippen LogP) is 8.23. The Hall–Kier alpha value is -1.06. The van der Waals surface area contributed by atoms with Crippen LogP contribution in [0, 0.1) is 0 Å². The molecule has 0 aromatic heterocycles. The Labute approximate surface area is 207 Å². The zero-order valence-corrected chi connectivity index (χ0v) is 23.2. The molecule has 0 heterocycles. The van der Waals surface area contributed by atoms with Crippen molar-refractivity contribution in [3.8, 4) is 5.75 Å². The van der Waals surface area contributed by atoms with Crippen LogP contribution in [0.25, 0.3) is 0 Å². The molecular formula is C30H56N2O. The minimum absolute atomic E-state index is 0.838. The minimum Gasteiger partial charge on any atom is -0.493 e. The molecule has 0 aliphatic rings. The lowest BCUT2D eigenvalue weighted by atomic mass is 10.0. The summed E-state index contributed by atoms with van der Waals surface area (Å²) < 4.78 is 6.42. The third-order valence-electron chi connectivity index (χ3n) is 6.43. The maximum Gasteiger partial charge on any atom is 0.128 e. The highest BCUT2D eigenvalue weighted by atomic mass is 16.5. The third kappa shape index (κ3) is 14.7. The van der Waals surface area contributed by atoms with Crippen LogP contribution in [-0.4, -0.2) is 44.6 Å². The molecule has 0 aliphatic carbocycles. The van der Waals surface area contributed by atoms with E-state index in [1.165, 1.54) is 100 Å². The Bertz CT molecular complexity index is 566. The van der Waals surface area contributed by atoms with Gasteiger partial charge in [-0.3, -0.25) is 0 Å². The topological polar surface area (TPSA) is 15.7 Å². The molecule has 1 rings (SSSR count). The monoisotopic (exact) mass is 460 g/mol. The smallest absolute Gasteiger partial charge is 0.128 e. The molecule has 33 heavy (non-hydrogen) atoms. The summed E-state index contributed by atoms with van der Waals surface area (Å²) in [6.45, 7) is 7.24. The molecule has 0 radical (unpaired) electrons. The number of hydrogen-bond acceptors (Lipinski definition) is 3. The molecule has 1 aromatic carbocycles. The van der Waals surface area contributed by atoms with Gasteiger partial charge < -0.3 is 14.5 Å². The second-order valence-corrected chi connectivity index (χ2v) is 10.5. The van der Waals surface area contributed by atoms with Crippen LogP contribution in [0.4, 0.5) is 0 Å². The summed E-state index contributed by atoms with van der Waals surface area (Å²) in [5.74, 6) is 1.13. The van der Waals surface area contributed by atoms with Crippen molar-refractivity contribution in [2.24, 2.45) is 0 Å². The first-order chi connectivity index (χ1) is 16.0. The van der Waals surface area contributed by atoms with Gasteiger partial charge in [0, 0.05) is 24.2 Å². The summed E-state index contributed by atoms with van der Waals surface area (Å²) in [4.78, 5) is 4.49. The largest absolute Gasteiger partial charge is 0.493 e. The summed E-state index contributed by atoms with van der Waals surface area (Å²) in [5.41, 5.74) is 4.08. The molecule has 0 N–H and O–H groups in total. The number of aryl methyl sites for hydroxylation is 1. The maximum absolute atomic E-state index is 6.42. The average Bonchev–Trinajstić information content (AvgIpc) is 2.76. The van der Waals surface area contributed by atoms with E-state index in [1.807, 2.05) is 0 Å².